The highest BCUT2D eigenvalue weighted by Gasteiger charge is 2.22. The normalized spacial score (nSPS) is 18.3. The molecule has 1 aromatic rings. The van der Waals surface area contributed by atoms with Gasteiger partial charge in [-0.05, 0) is 45.0 Å². The van der Waals surface area contributed by atoms with Crippen LogP contribution in [0.2, 0.25) is 0 Å². The van der Waals surface area contributed by atoms with Crippen molar-refractivity contribution < 1.29 is 8.42 Å². The Morgan fingerprint density at radius 3 is 2.80 bits per heavy atom. The number of likely N-dealkylation sites (tertiary alicyclic amines) is 1. The zero-order valence-corrected chi connectivity index (χ0v) is 12.6. The molecule has 0 aliphatic carbocycles. The van der Waals surface area contributed by atoms with Crippen molar-refractivity contribution in [3.05, 3.63) is 24.0 Å². The third-order valence-corrected chi connectivity index (χ3v) is 5.16. The molecule has 7 heteroatoms. The Bertz CT molecular complexity index is 541. The molecular weight excluding hydrogens is 276 g/mol. The summed E-state index contributed by atoms with van der Waals surface area (Å²) in [6, 6.07) is 3.35. The Morgan fingerprint density at radius 2 is 2.15 bits per heavy atom. The van der Waals surface area contributed by atoms with Crippen LogP contribution in [0.25, 0.3) is 0 Å². The van der Waals surface area contributed by atoms with E-state index in [1.807, 2.05) is 6.92 Å². The number of nitrogens with one attached hydrogen (secondary N) is 1. The molecule has 0 saturated carbocycles. The van der Waals surface area contributed by atoms with Gasteiger partial charge in [0.2, 0.25) is 10.0 Å². The van der Waals surface area contributed by atoms with E-state index in [-0.39, 0.29) is 17.5 Å². The number of nitrogens with zero attached hydrogens (tertiary/aromatic N) is 2. The fraction of sp³-hybridized carbons (Fsp3) is 0.615. The maximum Gasteiger partial charge on any atom is 0.242 e. The lowest BCUT2D eigenvalue weighted by molar-refractivity contribution is 0.260. The largest absolute Gasteiger partial charge is 0.325 e. The number of rotatable bonds is 6. The van der Waals surface area contributed by atoms with E-state index in [2.05, 4.69) is 14.6 Å². The van der Waals surface area contributed by atoms with Crippen LogP contribution < -0.4 is 10.5 Å². The van der Waals surface area contributed by atoms with Crippen LogP contribution in [0.5, 0.6) is 0 Å². The van der Waals surface area contributed by atoms with E-state index in [1.165, 1.54) is 18.9 Å². The van der Waals surface area contributed by atoms with Gasteiger partial charge in [0.1, 0.15) is 4.90 Å². The van der Waals surface area contributed by atoms with Crippen molar-refractivity contribution in [3.8, 4) is 0 Å². The Morgan fingerprint density at radius 1 is 1.45 bits per heavy atom. The van der Waals surface area contributed by atoms with Crippen LogP contribution >= 0.6 is 0 Å². The summed E-state index contributed by atoms with van der Waals surface area (Å²) in [7, 11) is -3.55. The fourth-order valence-electron chi connectivity index (χ4n) is 2.44. The maximum absolute atomic E-state index is 12.3. The van der Waals surface area contributed by atoms with Gasteiger partial charge in [0.15, 0.2) is 0 Å². The molecule has 0 amide bonds. The monoisotopic (exact) mass is 298 g/mol. The van der Waals surface area contributed by atoms with E-state index in [9.17, 15) is 8.42 Å². The fourth-order valence-corrected chi connectivity index (χ4v) is 3.76. The van der Waals surface area contributed by atoms with Gasteiger partial charge in [-0.3, -0.25) is 9.88 Å². The molecule has 1 aromatic heterocycles. The molecule has 1 unspecified atom stereocenters. The van der Waals surface area contributed by atoms with Crippen molar-refractivity contribution in [2.75, 3.05) is 19.6 Å². The first-order valence-electron chi connectivity index (χ1n) is 6.92. The molecular formula is C13H22N4O2S. The van der Waals surface area contributed by atoms with Crippen LogP contribution in [0.4, 0.5) is 0 Å². The summed E-state index contributed by atoms with van der Waals surface area (Å²) in [5.74, 6) is 0. The van der Waals surface area contributed by atoms with E-state index in [0.29, 0.717) is 12.2 Å². The van der Waals surface area contributed by atoms with Crippen molar-refractivity contribution in [1.82, 2.24) is 14.6 Å². The smallest absolute Gasteiger partial charge is 0.242 e. The highest BCUT2D eigenvalue weighted by atomic mass is 32.2. The Hall–Kier alpha value is -1.02. The zero-order valence-electron chi connectivity index (χ0n) is 11.7. The summed E-state index contributed by atoms with van der Waals surface area (Å²) < 4.78 is 27.3. The van der Waals surface area contributed by atoms with Crippen molar-refractivity contribution in [2.45, 2.75) is 37.2 Å². The average molecular weight is 298 g/mol. The SMILES string of the molecule is CC(CNS(=O)(=O)c1cccnc1CN)N1CCCC1. The van der Waals surface area contributed by atoms with E-state index in [0.717, 1.165) is 13.1 Å². The summed E-state index contributed by atoms with van der Waals surface area (Å²) in [6.45, 7) is 4.65. The van der Waals surface area contributed by atoms with E-state index >= 15 is 0 Å². The molecule has 2 heterocycles. The zero-order chi connectivity index (χ0) is 14.6. The predicted octanol–water partition coefficient (Wildman–Crippen LogP) is 0.303. The summed E-state index contributed by atoms with van der Waals surface area (Å²) >= 11 is 0. The van der Waals surface area contributed by atoms with Crippen molar-refractivity contribution in [1.29, 1.82) is 0 Å². The minimum atomic E-state index is -3.55. The summed E-state index contributed by atoms with van der Waals surface area (Å²) in [6.07, 6.45) is 3.93. The standard InChI is InChI=1S/C13H22N4O2S/c1-11(17-7-2-3-8-17)10-16-20(18,19)13-5-4-6-15-12(13)9-14/h4-6,11,16H,2-3,7-10,14H2,1H3. The third-order valence-electron chi connectivity index (χ3n) is 3.66. The van der Waals surface area contributed by atoms with Crippen LogP contribution in [0.1, 0.15) is 25.5 Å². The maximum atomic E-state index is 12.3. The van der Waals surface area contributed by atoms with Gasteiger partial charge in [-0.25, -0.2) is 13.1 Å². The average Bonchev–Trinajstić information content (AvgIpc) is 2.99. The van der Waals surface area contributed by atoms with E-state index < -0.39 is 10.0 Å². The van der Waals surface area contributed by atoms with E-state index in [1.54, 1.807) is 12.3 Å². The minimum Gasteiger partial charge on any atom is -0.325 e. The van der Waals surface area contributed by atoms with Crippen LogP contribution in [-0.4, -0.2) is 44.0 Å². The topological polar surface area (TPSA) is 88.3 Å². The Kier molecular flexibility index (Phi) is 5.09. The second kappa shape index (κ2) is 6.62. The molecule has 1 aliphatic heterocycles. The number of sulfonamides is 1. The summed E-state index contributed by atoms with van der Waals surface area (Å²) in [5.41, 5.74) is 5.94. The Balaban J connectivity index is 2.03. The van der Waals surface area contributed by atoms with Gasteiger partial charge < -0.3 is 5.73 Å². The molecule has 0 radical (unpaired) electrons. The molecule has 1 aliphatic rings. The molecule has 6 nitrogen and oxygen atoms in total. The quantitative estimate of drug-likeness (QED) is 0.789. The lowest BCUT2D eigenvalue weighted by Crippen LogP contribution is -2.40. The minimum absolute atomic E-state index is 0.110. The van der Waals surface area contributed by atoms with Gasteiger partial charge in [-0.2, -0.15) is 0 Å². The van der Waals surface area contributed by atoms with Gasteiger partial charge >= 0.3 is 0 Å². The molecule has 20 heavy (non-hydrogen) atoms. The lowest BCUT2D eigenvalue weighted by Gasteiger charge is -2.23. The first kappa shape index (κ1) is 15.4. The first-order chi connectivity index (χ1) is 9.54. The second-order valence-corrected chi connectivity index (χ2v) is 6.83. The number of hydrogen-bond acceptors (Lipinski definition) is 5. The van der Waals surface area contributed by atoms with Crippen molar-refractivity contribution in [2.24, 2.45) is 5.73 Å². The van der Waals surface area contributed by atoms with Gasteiger partial charge in [0, 0.05) is 25.3 Å². The molecule has 0 aromatic carbocycles. The molecule has 1 fully saturated rings. The summed E-state index contributed by atoms with van der Waals surface area (Å²) in [4.78, 5) is 6.49. The van der Waals surface area contributed by atoms with Gasteiger partial charge in [0.05, 0.1) is 5.69 Å². The molecule has 3 N–H and O–H groups in total. The highest BCUT2D eigenvalue weighted by molar-refractivity contribution is 7.89. The van der Waals surface area contributed by atoms with Gasteiger partial charge in [-0.15, -0.1) is 0 Å². The first-order valence-corrected chi connectivity index (χ1v) is 8.40. The Labute approximate surface area is 120 Å². The van der Waals surface area contributed by atoms with Gasteiger partial charge in [-0.1, -0.05) is 0 Å². The van der Waals surface area contributed by atoms with Crippen LogP contribution in [-0.2, 0) is 16.6 Å². The summed E-state index contributed by atoms with van der Waals surface area (Å²) in [5, 5.41) is 0. The molecule has 2 rings (SSSR count). The highest BCUT2D eigenvalue weighted by Crippen LogP contribution is 2.14. The lowest BCUT2D eigenvalue weighted by atomic mass is 10.3. The molecule has 1 saturated heterocycles. The van der Waals surface area contributed by atoms with Crippen LogP contribution in [0.3, 0.4) is 0 Å². The van der Waals surface area contributed by atoms with Crippen molar-refractivity contribution in [3.63, 3.8) is 0 Å². The molecule has 0 bridgehead atoms. The molecule has 112 valence electrons. The van der Waals surface area contributed by atoms with E-state index in [4.69, 9.17) is 5.73 Å². The van der Waals surface area contributed by atoms with Crippen LogP contribution in [0, 0.1) is 0 Å². The third kappa shape index (κ3) is 3.54. The number of aromatic nitrogens is 1. The number of pyridine rings is 1. The number of nitrogens with two attached hydrogens (primary N) is 1. The number of hydrogen-bond donors (Lipinski definition) is 2. The molecule has 1 atom stereocenters. The van der Waals surface area contributed by atoms with Crippen LogP contribution in [0.15, 0.2) is 23.2 Å². The van der Waals surface area contributed by atoms with Crippen molar-refractivity contribution >= 4 is 10.0 Å². The molecule has 0 spiro atoms. The predicted molar refractivity (Wildman–Crippen MR) is 77.6 cm³/mol. The van der Waals surface area contributed by atoms with Gasteiger partial charge in [0.25, 0.3) is 0 Å². The second-order valence-electron chi connectivity index (χ2n) is 5.10.